The van der Waals surface area contributed by atoms with Crippen molar-refractivity contribution in [2.24, 2.45) is 0 Å². The minimum absolute atomic E-state index is 0.0949. The molecule has 1 heterocycles. The molecule has 9 rings (SSSR count). The van der Waals surface area contributed by atoms with Gasteiger partial charge in [-0.05, 0) is 123 Å². The number of hydrogen-bond donors (Lipinski definition) is 1. The first-order valence-corrected chi connectivity index (χ1v) is 36.3. The van der Waals surface area contributed by atoms with Crippen molar-refractivity contribution in [3.63, 3.8) is 0 Å². The zero-order valence-corrected chi connectivity index (χ0v) is 46.6. The molecule has 3 N–H and O–H groups in total. The summed E-state index contributed by atoms with van der Waals surface area (Å²) in [5.74, 6) is 0. The van der Waals surface area contributed by atoms with Crippen LogP contribution in [0.1, 0.15) is 6.42 Å². The van der Waals surface area contributed by atoms with Gasteiger partial charge >= 0.3 is 41.6 Å². The quantitative estimate of drug-likeness (QED) is 0.122. The van der Waals surface area contributed by atoms with Crippen molar-refractivity contribution < 1.29 is 20.2 Å². The molecule has 2 atom stereocenters. The van der Waals surface area contributed by atoms with Crippen LogP contribution in [0.4, 0.5) is 0 Å². The molecule has 4 nitrogen and oxygen atoms in total. The van der Waals surface area contributed by atoms with Crippen LogP contribution in [0.25, 0.3) is 76.8 Å². The second-order valence-corrected chi connectivity index (χ2v) is 30.0. The van der Waals surface area contributed by atoms with Gasteiger partial charge in [-0.25, -0.2) is 0 Å². The third kappa shape index (κ3) is 12.3. The molecule has 1 aliphatic rings. The second-order valence-electron chi connectivity index (χ2n) is 17.7. The number of fused-ring (bicyclic) bond motifs is 4. The van der Waals surface area contributed by atoms with Gasteiger partial charge in [0.2, 0.25) is 0 Å². The summed E-state index contributed by atoms with van der Waals surface area (Å²) in [6, 6.07) is 54.1. The Morgan fingerprint density at radius 1 is 0.576 bits per heavy atom. The Kier molecular flexibility index (Phi) is 20.0. The Hall–Kier alpha value is -2.37. The number of halogens is 2. The number of nitrogens with one attached hydrogen (secondary N) is 2. The second kappa shape index (κ2) is 25.0. The standard InChI is InChI=1S/2C24H24P2.C6H14BN3O.2ClH.Ru/c2*1-25(2)21-15-13-17-9-5-7-11-19(17)23(21)24-20-12-8-6-10-18(20)14-16-22(24)26(3)4;1-7(11)10-4-5(9)2-6(10)3-8;;;/h2*5-16H,1-4H3;5-6,8-9,11H,2-4H2,1H3;2*1H;/q;;-2;;;+4/t;;5-,6-;;;/m..1.../s1. The van der Waals surface area contributed by atoms with Crippen LogP contribution in [-0.2, 0) is 15.1 Å². The summed E-state index contributed by atoms with van der Waals surface area (Å²) in [7, 11) is 7.67. The average Bonchev–Trinajstić information content (AvgIpc) is 3.71. The van der Waals surface area contributed by atoms with Crippen LogP contribution < -0.4 is 21.2 Å². The molecule has 344 valence electrons. The first-order chi connectivity index (χ1) is 31.7. The molecule has 12 heteroatoms. The van der Waals surface area contributed by atoms with Crippen LogP contribution in [0.5, 0.6) is 0 Å². The zero-order chi connectivity index (χ0) is 47.7. The third-order valence-electron chi connectivity index (χ3n) is 12.4. The van der Waals surface area contributed by atoms with E-state index in [0.29, 0.717) is 13.1 Å². The van der Waals surface area contributed by atoms with Crippen molar-refractivity contribution in [1.29, 1.82) is 0 Å². The minimum atomic E-state index is -0.578. The normalized spacial score (nSPS) is 15.0. The van der Waals surface area contributed by atoms with Gasteiger partial charge in [-0.2, -0.15) is 0 Å². The Balaban J connectivity index is 0.000000171. The molecule has 0 aliphatic carbocycles. The van der Waals surface area contributed by atoms with Gasteiger partial charge in [-0.1, -0.05) is 156 Å². The van der Waals surface area contributed by atoms with Gasteiger partial charge in [0.05, 0.1) is 37.3 Å². The van der Waals surface area contributed by atoms with E-state index in [4.69, 9.17) is 30.8 Å². The van der Waals surface area contributed by atoms with E-state index in [0.717, 1.165) is 6.42 Å². The Bertz CT molecular complexity index is 2530. The Morgan fingerprint density at radius 2 is 0.894 bits per heavy atom. The molecular weight excluding hydrogens is 1010 g/mol. The Morgan fingerprint density at radius 3 is 1.18 bits per heavy atom. The van der Waals surface area contributed by atoms with Gasteiger partial charge in [0.1, 0.15) is 0 Å². The number of hydrogen-bond acceptors (Lipinski definition) is 2. The molecule has 1 aliphatic heterocycles. The van der Waals surface area contributed by atoms with Crippen LogP contribution in [0.3, 0.4) is 0 Å². The van der Waals surface area contributed by atoms with Gasteiger partial charge in [-0.15, -0.1) is 12.6 Å². The first-order valence-electron chi connectivity index (χ1n) is 22.4. The summed E-state index contributed by atoms with van der Waals surface area (Å²) in [6.45, 7) is 21.7. The van der Waals surface area contributed by atoms with Gasteiger partial charge in [0.25, 0.3) is 0 Å². The van der Waals surface area contributed by atoms with E-state index < -0.39 is 22.9 Å². The Labute approximate surface area is 415 Å². The van der Waals surface area contributed by atoms with Crippen LogP contribution in [-0.4, -0.2) is 95.4 Å². The van der Waals surface area contributed by atoms with Crippen molar-refractivity contribution in [3.8, 4) is 22.3 Å². The molecule has 0 bridgehead atoms. The van der Waals surface area contributed by atoms with E-state index in [9.17, 15) is 5.02 Å². The van der Waals surface area contributed by atoms with Crippen molar-refractivity contribution in [1.82, 2.24) is 4.81 Å². The molecule has 0 spiro atoms. The maximum atomic E-state index is 9.23. The van der Waals surface area contributed by atoms with Crippen molar-refractivity contribution in [3.05, 3.63) is 157 Å². The molecule has 0 aromatic heterocycles. The summed E-state index contributed by atoms with van der Waals surface area (Å²) in [5, 5.41) is 26.3. The molecule has 0 unspecified atom stereocenters. The zero-order valence-electron chi connectivity index (χ0n) is 39.6. The fraction of sp³-hybridized carbons (Fsp3) is 0.259. The van der Waals surface area contributed by atoms with Crippen molar-refractivity contribution in [2.45, 2.75) is 25.3 Å². The molecule has 66 heavy (non-hydrogen) atoms. The first kappa shape index (κ1) is 53.0. The van der Waals surface area contributed by atoms with E-state index in [2.05, 4.69) is 199 Å². The number of nitrogens with zero attached hydrogens (tertiary/aromatic N) is 1. The summed E-state index contributed by atoms with van der Waals surface area (Å²) in [5.41, 5.74) is 20.5. The molecule has 8 aromatic carbocycles. The van der Waals surface area contributed by atoms with Crippen LogP contribution in [0.2, 0.25) is 6.82 Å². The molecule has 1 fully saturated rings. The van der Waals surface area contributed by atoms with Crippen molar-refractivity contribution in [2.75, 3.05) is 66.4 Å². The van der Waals surface area contributed by atoms with Crippen LogP contribution >= 0.6 is 51.1 Å². The predicted octanol–water partition coefficient (Wildman–Crippen LogP) is 14.3. The van der Waals surface area contributed by atoms with E-state index in [1.54, 1.807) is 17.4 Å². The van der Waals surface area contributed by atoms with Crippen molar-refractivity contribution >= 4 is 122 Å². The summed E-state index contributed by atoms with van der Waals surface area (Å²) < 4.78 is 0. The summed E-state index contributed by atoms with van der Waals surface area (Å²) in [4.78, 5) is 1.82. The topological polar surface area (TPSA) is 71.1 Å². The monoisotopic (exact) mass is 1080 g/mol. The van der Waals surface area contributed by atoms with Crippen LogP contribution in [0, 0.1) is 0 Å². The molecule has 1 saturated heterocycles. The van der Waals surface area contributed by atoms with Gasteiger partial charge in [-0.3, -0.25) is 0 Å². The average molecular weight is 1080 g/mol. The number of rotatable bonds is 8. The predicted molar refractivity (Wildman–Crippen MR) is 308 cm³/mol. The van der Waals surface area contributed by atoms with E-state index in [1.807, 2.05) is 4.81 Å². The molecule has 0 saturated carbocycles. The summed E-state index contributed by atoms with van der Waals surface area (Å²) in [6.07, 6.45) is 0.731. The molecule has 0 amide bonds. The fourth-order valence-electron chi connectivity index (χ4n) is 9.31. The fourth-order valence-corrected chi connectivity index (χ4v) is 13.8. The molecule has 8 aromatic rings. The SMILES string of the molecule is CB(O)N1C[C@H]([NH-])C[C@@H]1C[NH-].CP(C)c1ccc2ccccc2c1-c1c(P(C)C)ccc2ccccc12.C[PH+](C)c1ccc2ccccc2c1-c1c([PH+](C)C)ccc2ccccc12.[Cl][Ru+2][Cl]. The van der Waals surface area contributed by atoms with Gasteiger partial charge in [0.15, 0.2) is 0 Å². The van der Waals surface area contributed by atoms with Gasteiger partial charge in [0, 0.05) is 27.0 Å². The number of benzene rings is 8. The van der Waals surface area contributed by atoms with Gasteiger partial charge < -0.3 is 21.3 Å². The molecule has 0 radical (unpaired) electrons. The maximum absolute atomic E-state index is 9.23. The third-order valence-corrected chi connectivity index (χ3v) is 18.0. The van der Waals surface area contributed by atoms with E-state index >= 15 is 0 Å². The van der Waals surface area contributed by atoms with E-state index in [-0.39, 0.29) is 43.1 Å². The molecular formula is C54H64BCl2N3OP4Ru+2. The van der Waals surface area contributed by atoms with E-state index in [1.165, 1.54) is 76.0 Å². The summed E-state index contributed by atoms with van der Waals surface area (Å²) >= 11 is -0.346. The van der Waals surface area contributed by atoms with Crippen LogP contribution in [0.15, 0.2) is 146 Å².